The molecule has 0 spiro atoms. The minimum atomic E-state index is -3.04. The van der Waals surface area contributed by atoms with Crippen LogP contribution in [-0.4, -0.2) is 67.2 Å². The molecule has 0 saturated carbocycles. The lowest BCUT2D eigenvalue weighted by atomic mass is 10.1. The van der Waals surface area contributed by atoms with Gasteiger partial charge in [-0.15, -0.1) is 0 Å². The molecule has 1 fully saturated rings. The van der Waals surface area contributed by atoms with Crippen molar-refractivity contribution in [1.82, 2.24) is 4.90 Å². The molecule has 0 bridgehead atoms. The summed E-state index contributed by atoms with van der Waals surface area (Å²) in [4.78, 5) is 1.98. The Bertz CT molecular complexity index is 304. The van der Waals surface area contributed by atoms with Gasteiger partial charge in [-0.2, -0.15) is 11.8 Å². The number of likely N-dealkylation sites (N-methyl/N-ethyl adjacent to an activating group) is 1. The van der Waals surface area contributed by atoms with E-state index < -0.39 is 15.9 Å². The highest BCUT2D eigenvalue weighted by atomic mass is 32.2. The first-order valence-electron chi connectivity index (χ1n) is 4.96. The third-order valence-electron chi connectivity index (χ3n) is 2.92. The van der Waals surface area contributed by atoms with Crippen molar-refractivity contribution in [2.75, 3.05) is 30.6 Å². The van der Waals surface area contributed by atoms with E-state index in [2.05, 4.69) is 0 Å². The van der Waals surface area contributed by atoms with Crippen LogP contribution in [0.1, 0.15) is 6.92 Å². The number of aliphatic hydroxyl groups is 1. The molecule has 4 nitrogen and oxygen atoms in total. The monoisotopic (exact) mass is 253 g/mol. The van der Waals surface area contributed by atoms with Crippen LogP contribution in [0, 0.1) is 0 Å². The van der Waals surface area contributed by atoms with E-state index in [-0.39, 0.29) is 23.6 Å². The van der Waals surface area contributed by atoms with Crippen molar-refractivity contribution in [3.8, 4) is 0 Å². The summed E-state index contributed by atoms with van der Waals surface area (Å²) in [6.07, 6.45) is 1.29. The maximum atomic E-state index is 11.3. The molecule has 1 N–H and O–H groups in total. The summed E-state index contributed by atoms with van der Waals surface area (Å²) < 4.78 is 22.7. The van der Waals surface area contributed by atoms with E-state index in [1.807, 2.05) is 25.1 Å². The fourth-order valence-corrected chi connectivity index (χ4v) is 4.46. The van der Waals surface area contributed by atoms with Crippen molar-refractivity contribution in [2.45, 2.75) is 25.1 Å². The second-order valence-corrected chi connectivity index (χ2v) is 7.25. The molecule has 1 aliphatic heterocycles. The second-order valence-electron chi connectivity index (χ2n) is 4.18. The molecule has 3 atom stereocenters. The number of rotatable bonds is 4. The first-order valence-corrected chi connectivity index (χ1v) is 8.18. The Morgan fingerprint density at radius 3 is 2.53 bits per heavy atom. The van der Waals surface area contributed by atoms with E-state index >= 15 is 0 Å². The van der Waals surface area contributed by atoms with Gasteiger partial charge in [-0.25, -0.2) is 8.42 Å². The lowest BCUT2D eigenvalue weighted by Crippen LogP contribution is -2.46. The Hall–Kier alpha value is 0.220. The number of aliphatic hydroxyl groups excluding tert-OH is 1. The van der Waals surface area contributed by atoms with Crippen LogP contribution in [0.25, 0.3) is 0 Å². The minimum absolute atomic E-state index is 0.0867. The number of nitrogens with zero attached hydrogens (tertiary/aromatic N) is 1. The summed E-state index contributed by atoms with van der Waals surface area (Å²) in [5.41, 5.74) is 0. The maximum Gasteiger partial charge on any atom is 0.154 e. The molecule has 1 heterocycles. The molecule has 15 heavy (non-hydrogen) atoms. The molecule has 6 heteroatoms. The molecule has 1 saturated heterocycles. The van der Waals surface area contributed by atoms with E-state index in [4.69, 9.17) is 0 Å². The molecule has 0 amide bonds. The van der Waals surface area contributed by atoms with Crippen molar-refractivity contribution >= 4 is 21.6 Å². The molecule has 1 rings (SSSR count). The quantitative estimate of drug-likeness (QED) is 0.754. The van der Waals surface area contributed by atoms with Gasteiger partial charge in [0.05, 0.1) is 23.7 Å². The van der Waals surface area contributed by atoms with Crippen molar-refractivity contribution < 1.29 is 13.5 Å². The van der Waals surface area contributed by atoms with E-state index in [1.54, 1.807) is 11.8 Å². The van der Waals surface area contributed by atoms with Crippen molar-refractivity contribution in [3.63, 3.8) is 0 Å². The molecule has 0 aromatic rings. The fraction of sp³-hybridized carbons (Fsp3) is 1.00. The number of thioether (sulfide) groups is 1. The number of sulfone groups is 1. The summed E-state index contributed by atoms with van der Waals surface area (Å²) in [7, 11) is -1.15. The van der Waals surface area contributed by atoms with Crippen molar-refractivity contribution in [1.29, 1.82) is 0 Å². The highest BCUT2D eigenvalue weighted by Crippen LogP contribution is 2.20. The van der Waals surface area contributed by atoms with Gasteiger partial charge in [0.15, 0.2) is 9.84 Å². The van der Waals surface area contributed by atoms with Gasteiger partial charge in [0.2, 0.25) is 0 Å². The van der Waals surface area contributed by atoms with E-state index in [1.165, 1.54) is 0 Å². The fourth-order valence-electron chi connectivity index (χ4n) is 1.89. The van der Waals surface area contributed by atoms with Crippen LogP contribution in [0.5, 0.6) is 0 Å². The van der Waals surface area contributed by atoms with Gasteiger partial charge in [0.1, 0.15) is 0 Å². The van der Waals surface area contributed by atoms with Crippen LogP contribution < -0.4 is 0 Å². The van der Waals surface area contributed by atoms with Crippen LogP contribution in [0.2, 0.25) is 0 Å². The Balaban J connectivity index is 2.64. The van der Waals surface area contributed by atoms with Crippen LogP contribution >= 0.6 is 11.8 Å². The van der Waals surface area contributed by atoms with Crippen LogP contribution in [0.15, 0.2) is 0 Å². The van der Waals surface area contributed by atoms with E-state index in [0.717, 1.165) is 5.75 Å². The zero-order valence-electron chi connectivity index (χ0n) is 9.38. The third kappa shape index (κ3) is 3.34. The highest BCUT2D eigenvalue weighted by Gasteiger charge is 2.39. The molecular formula is C9H19NO3S2. The molecule has 0 aromatic heterocycles. The van der Waals surface area contributed by atoms with Gasteiger partial charge in [0.25, 0.3) is 0 Å². The van der Waals surface area contributed by atoms with Crippen LogP contribution in [0.4, 0.5) is 0 Å². The molecule has 1 aliphatic rings. The third-order valence-corrected chi connectivity index (χ3v) is 5.43. The van der Waals surface area contributed by atoms with Gasteiger partial charge >= 0.3 is 0 Å². The Labute approximate surface area is 96.0 Å². The van der Waals surface area contributed by atoms with Crippen LogP contribution in [0.3, 0.4) is 0 Å². The first kappa shape index (κ1) is 13.3. The van der Waals surface area contributed by atoms with Crippen molar-refractivity contribution in [3.05, 3.63) is 0 Å². The van der Waals surface area contributed by atoms with Gasteiger partial charge < -0.3 is 5.11 Å². The topological polar surface area (TPSA) is 57.6 Å². The van der Waals surface area contributed by atoms with Crippen molar-refractivity contribution in [2.24, 2.45) is 0 Å². The number of hydrogen-bond acceptors (Lipinski definition) is 5. The molecular weight excluding hydrogens is 234 g/mol. The molecule has 90 valence electrons. The SMILES string of the molecule is CSCC(C)N(C)C1CS(=O)(=O)CC1O. The van der Waals surface area contributed by atoms with E-state index in [0.29, 0.717) is 0 Å². The highest BCUT2D eigenvalue weighted by molar-refractivity contribution is 7.98. The van der Waals surface area contributed by atoms with E-state index in [9.17, 15) is 13.5 Å². The maximum absolute atomic E-state index is 11.3. The molecule has 0 aromatic carbocycles. The number of hydrogen-bond donors (Lipinski definition) is 1. The minimum Gasteiger partial charge on any atom is -0.390 e. The Morgan fingerprint density at radius 2 is 2.13 bits per heavy atom. The summed E-state index contributed by atoms with van der Waals surface area (Å²) in [6.45, 7) is 2.05. The smallest absolute Gasteiger partial charge is 0.154 e. The zero-order chi connectivity index (χ0) is 11.6. The van der Waals surface area contributed by atoms with Gasteiger partial charge in [0, 0.05) is 11.8 Å². The Kier molecular flexibility index (Phi) is 4.46. The summed E-state index contributed by atoms with van der Waals surface area (Å²) in [5, 5.41) is 9.68. The summed E-state index contributed by atoms with van der Waals surface area (Å²) >= 11 is 1.73. The predicted molar refractivity (Wildman–Crippen MR) is 64.1 cm³/mol. The first-order chi connectivity index (χ1) is 6.87. The van der Waals surface area contributed by atoms with Gasteiger partial charge in [-0.05, 0) is 20.2 Å². The molecule has 0 aliphatic carbocycles. The zero-order valence-corrected chi connectivity index (χ0v) is 11.0. The average molecular weight is 253 g/mol. The lowest BCUT2D eigenvalue weighted by molar-refractivity contribution is 0.0835. The predicted octanol–water partition coefficient (Wildman–Crippen LogP) is -0.172. The molecule has 3 unspecified atom stereocenters. The van der Waals surface area contributed by atoms with Gasteiger partial charge in [-0.1, -0.05) is 0 Å². The second kappa shape index (κ2) is 5.03. The summed E-state index contributed by atoms with van der Waals surface area (Å²) in [6, 6.07) is 0.0464. The van der Waals surface area contributed by atoms with Gasteiger partial charge in [-0.3, -0.25) is 4.90 Å². The molecule has 0 radical (unpaired) electrons. The lowest BCUT2D eigenvalue weighted by Gasteiger charge is -2.31. The average Bonchev–Trinajstić information content (AvgIpc) is 2.39. The van der Waals surface area contributed by atoms with Crippen LogP contribution in [-0.2, 0) is 9.84 Å². The normalized spacial score (nSPS) is 32.1. The Morgan fingerprint density at radius 1 is 1.53 bits per heavy atom. The standard InChI is InChI=1S/C9H19NO3S2/c1-7(4-14-3)10(2)8-5-15(12,13)6-9(8)11/h7-9,11H,4-6H2,1-3H3. The summed E-state index contributed by atoms with van der Waals surface area (Å²) in [5.74, 6) is 0.942. The largest absolute Gasteiger partial charge is 0.390 e.